The van der Waals surface area contributed by atoms with E-state index in [9.17, 15) is 0 Å². The van der Waals surface area contributed by atoms with E-state index in [0.29, 0.717) is 0 Å². The molecular weight excluding hydrogens is 1340 g/mol. The zero-order chi connectivity index (χ0) is 72.5. The number of aromatic nitrogens is 5. The highest BCUT2D eigenvalue weighted by atomic mass is 15.0. The summed E-state index contributed by atoms with van der Waals surface area (Å²) in [7, 11) is 0. The maximum atomic E-state index is 2.59. The van der Waals surface area contributed by atoms with E-state index in [2.05, 4.69) is 393 Å². The van der Waals surface area contributed by atoms with Gasteiger partial charge in [-0.3, -0.25) is 0 Å². The molecule has 0 unspecified atom stereocenters. The second-order valence-electron chi connectivity index (χ2n) is 30.6. The van der Waals surface area contributed by atoms with Gasteiger partial charge >= 0.3 is 0 Å². The Hall–Kier alpha value is -14.3. The fourth-order valence-corrected chi connectivity index (χ4v) is 19.1. The Morgan fingerprint density at radius 3 is 0.928 bits per heavy atom. The van der Waals surface area contributed by atoms with E-state index in [1.54, 1.807) is 0 Å². The molecule has 24 rings (SSSR count). The smallest absolute Gasteiger partial charge is 0.0641 e. The van der Waals surface area contributed by atoms with Crippen molar-refractivity contribution in [1.29, 1.82) is 0 Å². The van der Waals surface area contributed by atoms with Crippen molar-refractivity contribution < 1.29 is 0 Å². The number of fused-ring (bicyclic) bond motifs is 18. The number of hydrogen-bond acceptors (Lipinski definition) is 0. The Morgan fingerprint density at radius 2 is 0.459 bits per heavy atom. The maximum absolute atomic E-state index is 2.59. The van der Waals surface area contributed by atoms with Gasteiger partial charge in [0.15, 0.2) is 0 Å². The molecule has 0 amide bonds. The van der Waals surface area contributed by atoms with Gasteiger partial charge in [0.2, 0.25) is 0 Å². The van der Waals surface area contributed by atoms with Crippen molar-refractivity contribution >= 4 is 109 Å². The molecule has 17 aromatic carbocycles. The fourth-order valence-electron chi connectivity index (χ4n) is 19.1. The highest BCUT2D eigenvalue weighted by Crippen LogP contribution is 2.47. The summed E-state index contributed by atoms with van der Waals surface area (Å²) in [6.07, 6.45) is 4.53. The fraction of sp³-hybridized carbons (Fsp3) is 0.0377. The Bertz CT molecular complexity index is 7700. The van der Waals surface area contributed by atoms with Crippen LogP contribution < -0.4 is 0 Å². The molecule has 5 heterocycles. The van der Waals surface area contributed by atoms with Crippen LogP contribution in [0, 0.1) is 0 Å². The lowest BCUT2D eigenvalue weighted by Gasteiger charge is -2.20. The first-order valence-corrected chi connectivity index (χ1v) is 38.9. The molecule has 5 nitrogen and oxygen atoms in total. The van der Waals surface area contributed by atoms with Crippen molar-refractivity contribution in [2.45, 2.75) is 25.7 Å². The van der Waals surface area contributed by atoms with Crippen LogP contribution in [0.25, 0.3) is 204 Å². The third-order valence-electron chi connectivity index (χ3n) is 24.6. The number of nitrogens with zero attached hydrogens (tertiary/aromatic N) is 5. The second-order valence-corrected chi connectivity index (χ2v) is 30.6. The summed E-state index contributed by atoms with van der Waals surface area (Å²) < 4.78 is 12.4. The summed E-state index contributed by atoms with van der Waals surface area (Å²) in [6, 6.07) is 140. The third kappa shape index (κ3) is 9.55. The van der Waals surface area contributed by atoms with Crippen molar-refractivity contribution in [3.8, 4) is 95.2 Å². The van der Waals surface area contributed by atoms with Crippen molar-refractivity contribution in [2.75, 3.05) is 0 Å². The second kappa shape index (κ2) is 24.1. The molecule has 22 aromatic rings. The zero-order valence-electron chi connectivity index (χ0n) is 60.8. The van der Waals surface area contributed by atoms with Gasteiger partial charge in [-0.15, -0.1) is 0 Å². The monoisotopic (exact) mass is 1410 g/mol. The lowest BCUT2D eigenvalue weighted by Crippen LogP contribution is -2.07. The van der Waals surface area contributed by atoms with Gasteiger partial charge in [-0.1, -0.05) is 218 Å². The van der Waals surface area contributed by atoms with E-state index in [4.69, 9.17) is 0 Å². The largest absolute Gasteiger partial charge is 0.309 e. The normalized spacial score (nSPS) is 12.7. The lowest BCUT2D eigenvalue weighted by molar-refractivity contribution is 0.840. The first-order valence-electron chi connectivity index (χ1n) is 38.9. The molecule has 0 fully saturated rings. The van der Waals surface area contributed by atoms with Crippen LogP contribution in [0.3, 0.4) is 0 Å². The van der Waals surface area contributed by atoms with Crippen molar-refractivity contribution in [3.05, 3.63) is 392 Å². The predicted molar refractivity (Wildman–Crippen MR) is 466 cm³/mol. The van der Waals surface area contributed by atoms with Crippen LogP contribution in [0.4, 0.5) is 0 Å². The Kier molecular flexibility index (Phi) is 13.4. The van der Waals surface area contributed by atoms with E-state index in [1.807, 2.05) is 0 Å². The number of para-hydroxylation sites is 7. The minimum absolute atomic E-state index is 1.10. The molecule has 2 aliphatic rings. The van der Waals surface area contributed by atoms with Gasteiger partial charge in [0.05, 0.1) is 55.2 Å². The highest BCUT2D eigenvalue weighted by Gasteiger charge is 2.26. The molecule has 0 atom stereocenters. The van der Waals surface area contributed by atoms with Crippen LogP contribution in [0.2, 0.25) is 0 Å². The maximum Gasteiger partial charge on any atom is 0.0641 e. The number of hydrogen-bond donors (Lipinski definition) is 0. The van der Waals surface area contributed by atoms with E-state index in [0.717, 1.165) is 98.5 Å². The molecule has 0 saturated carbocycles. The van der Waals surface area contributed by atoms with Gasteiger partial charge < -0.3 is 22.8 Å². The summed E-state index contributed by atoms with van der Waals surface area (Å²) in [5.74, 6) is 0. The van der Waals surface area contributed by atoms with Crippen LogP contribution in [-0.2, 0) is 25.7 Å². The van der Waals surface area contributed by atoms with Gasteiger partial charge in [-0.25, -0.2) is 0 Å². The highest BCUT2D eigenvalue weighted by molar-refractivity contribution is 6.26. The molecular formula is C106H69N5. The van der Waals surface area contributed by atoms with Crippen LogP contribution in [0.15, 0.2) is 370 Å². The minimum Gasteiger partial charge on any atom is -0.309 e. The summed E-state index contributed by atoms with van der Waals surface area (Å²) in [4.78, 5) is 0. The first kappa shape index (κ1) is 61.8. The number of benzene rings is 17. The Balaban J connectivity index is 0.686. The molecule has 0 spiro atoms. The molecule has 0 N–H and O–H groups in total. The lowest BCUT2D eigenvalue weighted by atomic mass is 9.85. The van der Waals surface area contributed by atoms with Gasteiger partial charge in [-0.05, 0) is 266 Å². The van der Waals surface area contributed by atoms with Gasteiger partial charge in [-0.2, -0.15) is 0 Å². The van der Waals surface area contributed by atoms with Crippen molar-refractivity contribution in [1.82, 2.24) is 22.8 Å². The van der Waals surface area contributed by atoms with Gasteiger partial charge in [0.1, 0.15) is 0 Å². The predicted octanol–water partition coefficient (Wildman–Crippen LogP) is 27.4. The summed E-state index contributed by atoms with van der Waals surface area (Å²) >= 11 is 0. The average Bonchev–Trinajstić information content (AvgIpc) is 1.53. The minimum atomic E-state index is 1.10. The first-order chi connectivity index (χ1) is 55.0. The Morgan fingerprint density at radius 1 is 0.144 bits per heavy atom. The summed E-state index contributed by atoms with van der Waals surface area (Å²) in [5, 5.41) is 12.3. The van der Waals surface area contributed by atoms with E-state index >= 15 is 0 Å². The quantitative estimate of drug-likeness (QED) is 0.123. The molecule has 2 aliphatic carbocycles. The van der Waals surface area contributed by atoms with E-state index in [-0.39, 0.29) is 0 Å². The standard InChI is InChI=1S/C106H69N5/c1-3-23-82(24-4-1)107-96-32-12-8-28-88(96)93-63-76(45-49-101(93)107)77-46-50-102-94(64-77)89-29-9-14-34-98(89)110(102)85-59-78(69-20-17-19-68(53-69)74-43-39-66-37-41-72(66)55-74)57-79(60-85)70-21-18-22-71(54-70)80-58-81(75-44-40-67-38-42-73(67)56-75)62-86(61-80)111-99-35-15-7-27-87(99)91-48-52-104-105(106(91)111)92-31-11-16-36-100(92)109(104)84-47-51-103-95(65-84)90-30-10-13-33-97(90)108(103)83-25-5-2-6-26-83/h1-36,39-40,43-65H,37-38,41-42H2. The Labute approximate surface area is 640 Å². The summed E-state index contributed by atoms with van der Waals surface area (Å²) in [5.41, 5.74) is 37.5. The molecule has 5 aromatic heterocycles. The summed E-state index contributed by atoms with van der Waals surface area (Å²) in [6.45, 7) is 0. The zero-order valence-corrected chi connectivity index (χ0v) is 60.8. The van der Waals surface area contributed by atoms with Crippen LogP contribution in [0.5, 0.6) is 0 Å². The topological polar surface area (TPSA) is 24.6 Å². The molecule has 111 heavy (non-hydrogen) atoms. The van der Waals surface area contributed by atoms with E-state index < -0.39 is 0 Å². The molecule has 5 heteroatoms. The van der Waals surface area contributed by atoms with Crippen LogP contribution in [0.1, 0.15) is 22.3 Å². The SMILES string of the molecule is c1ccc(-n2c3ccccc3c3cc(-c4ccc5c(c4)c4ccccc4n5-c4cc(-c5cccc(-c6cc(-c7ccc8c(c7)CC8)cc(-n7c8ccccc8c8ccc9c(c%10ccccc%10n9-c9ccc%10c(c9)c9ccccc9n%10-c9ccccc9)c87)c6)c5)cc(-c5cccc(-c6ccc7c(c6)CC7)c5)c4)ccc32)cc1. The van der Waals surface area contributed by atoms with Crippen LogP contribution >= 0.6 is 0 Å². The molecule has 0 bridgehead atoms. The molecule has 518 valence electrons. The number of rotatable bonds is 11. The van der Waals surface area contributed by atoms with E-state index in [1.165, 1.54) is 154 Å². The molecule has 0 radical (unpaired) electrons. The van der Waals surface area contributed by atoms with Crippen molar-refractivity contribution in [2.24, 2.45) is 0 Å². The molecule has 0 saturated heterocycles. The third-order valence-corrected chi connectivity index (χ3v) is 24.6. The number of aryl methyl sites for hydroxylation is 4. The average molecular weight is 1410 g/mol. The van der Waals surface area contributed by atoms with Gasteiger partial charge in [0, 0.05) is 82.3 Å². The van der Waals surface area contributed by atoms with Crippen molar-refractivity contribution in [3.63, 3.8) is 0 Å². The van der Waals surface area contributed by atoms with Crippen LogP contribution in [-0.4, -0.2) is 22.8 Å². The van der Waals surface area contributed by atoms with Gasteiger partial charge in [0.25, 0.3) is 0 Å². The molecule has 0 aliphatic heterocycles.